The van der Waals surface area contributed by atoms with E-state index in [0.29, 0.717) is 5.75 Å². The number of esters is 1. The summed E-state index contributed by atoms with van der Waals surface area (Å²) in [6.07, 6.45) is -0.553. The summed E-state index contributed by atoms with van der Waals surface area (Å²) in [5, 5.41) is 0. The molecule has 0 spiro atoms. The van der Waals surface area contributed by atoms with Crippen molar-refractivity contribution in [1.29, 1.82) is 0 Å². The van der Waals surface area contributed by atoms with E-state index in [-0.39, 0.29) is 11.9 Å². The zero-order chi connectivity index (χ0) is 11.3. The van der Waals surface area contributed by atoms with E-state index < -0.39 is 6.29 Å². The van der Waals surface area contributed by atoms with Crippen LogP contribution in [0.25, 0.3) is 0 Å². The number of carbonyl (C=O) groups excluding carboxylic acids is 1. The Hall–Kier alpha value is -1.51. The lowest BCUT2D eigenvalue weighted by molar-refractivity contribution is -0.165. The summed E-state index contributed by atoms with van der Waals surface area (Å²) in [6.45, 7) is 5.28. The second kappa shape index (κ2) is 5.39. The lowest BCUT2D eigenvalue weighted by atomic mass is 10.2. The molecule has 1 rings (SSSR count). The molecule has 1 aromatic rings. The molecule has 3 nitrogen and oxygen atoms in total. The number of rotatable bonds is 4. The van der Waals surface area contributed by atoms with Gasteiger partial charge >= 0.3 is 5.97 Å². The monoisotopic (exact) mass is 208 g/mol. The average molecular weight is 208 g/mol. The molecule has 0 amide bonds. The maximum absolute atomic E-state index is 11.2. The first kappa shape index (κ1) is 11.6. The molecule has 0 aliphatic carbocycles. The van der Waals surface area contributed by atoms with Gasteiger partial charge in [0, 0.05) is 6.92 Å². The van der Waals surface area contributed by atoms with Crippen molar-refractivity contribution in [2.24, 2.45) is 5.92 Å². The summed E-state index contributed by atoms with van der Waals surface area (Å²) in [6, 6.07) is 9.27. The predicted octanol–water partition coefficient (Wildman–Crippen LogP) is 2.61. The predicted molar refractivity (Wildman–Crippen MR) is 57.5 cm³/mol. The van der Waals surface area contributed by atoms with Crippen LogP contribution in [0, 0.1) is 5.92 Å². The molecule has 1 atom stereocenters. The summed E-state index contributed by atoms with van der Waals surface area (Å²) in [4.78, 5) is 11.2. The zero-order valence-corrected chi connectivity index (χ0v) is 9.27. The molecule has 0 saturated carbocycles. The van der Waals surface area contributed by atoms with Gasteiger partial charge in [0.05, 0.1) is 5.92 Å². The van der Waals surface area contributed by atoms with Crippen LogP contribution < -0.4 is 4.74 Å². The molecular formula is C12H16O3. The van der Waals surface area contributed by atoms with E-state index in [2.05, 4.69) is 0 Å². The first-order chi connectivity index (χ1) is 7.09. The SMILES string of the molecule is CC(OC(=O)C(C)C)Oc1ccccc1. The molecule has 3 heteroatoms. The summed E-state index contributed by atoms with van der Waals surface area (Å²) < 4.78 is 10.4. The van der Waals surface area contributed by atoms with E-state index in [9.17, 15) is 4.79 Å². The van der Waals surface area contributed by atoms with Crippen molar-refractivity contribution in [1.82, 2.24) is 0 Å². The molecule has 15 heavy (non-hydrogen) atoms. The Balaban J connectivity index is 2.43. The van der Waals surface area contributed by atoms with E-state index in [1.807, 2.05) is 30.3 Å². The van der Waals surface area contributed by atoms with Crippen LogP contribution in [0.5, 0.6) is 5.75 Å². The van der Waals surface area contributed by atoms with Crippen molar-refractivity contribution >= 4 is 5.97 Å². The van der Waals surface area contributed by atoms with Gasteiger partial charge in [0.25, 0.3) is 0 Å². The van der Waals surface area contributed by atoms with Crippen LogP contribution in [0.3, 0.4) is 0 Å². The first-order valence-electron chi connectivity index (χ1n) is 5.02. The van der Waals surface area contributed by atoms with E-state index in [0.717, 1.165) is 0 Å². The molecule has 1 unspecified atom stereocenters. The van der Waals surface area contributed by atoms with E-state index in [1.54, 1.807) is 20.8 Å². The molecular weight excluding hydrogens is 192 g/mol. The minimum absolute atomic E-state index is 0.133. The third-order valence-corrected chi connectivity index (χ3v) is 1.80. The normalized spacial score (nSPS) is 12.3. The topological polar surface area (TPSA) is 35.5 Å². The second-order valence-corrected chi connectivity index (χ2v) is 3.59. The molecule has 0 bridgehead atoms. The second-order valence-electron chi connectivity index (χ2n) is 3.59. The van der Waals surface area contributed by atoms with Crippen LogP contribution in [0.1, 0.15) is 20.8 Å². The number of benzene rings is 1. The molecule has 0 saturated heterocycles. The van der Waals surface area contributed by atoms with Gasteiger partial charge in [-0.25, -0.2) is 0 Å². The standard InChI is InChI=1S/C12H16O3/c1-9(2)12(13)15-10(3)14-11-7-5-4-6-8-11/h4-10H,1-3H3. The Bertz CT molecular complexity index is 306. The number of para-hydroxylation sites is 1. The number of ether oxygens (including phenoxy) is 2. The van der Waals surface area contributed by atoms with Gasteiger partial charge in [-0.1, -0.05) is 32.0 Å². The molecule has 0 N–H and O–H groups in total. The van der Waals surface area contributed by atoms with E-state index in [1.165, 1.54) is 0 Å². The van der Waals surface area contributed by atoms with Gasteiger partial charge in [0.2, 0.25) is 6.29 Å². The highest BCUT2D eigenvalue weighted by atomic mass is 16.7. The van der Waals surface area contributed by atoms with Crippen molar-refractivity contribution < 1.29 is 14.3 Å². The van der Waals surface area contributed by atoms with E-state index >= 15 is 0 Å². The quantitative estimate of drug-likeness (QED) is 0.563. The smallest absolute Gasteiger partial charge is 0.311 e. The van der Waals surface area contributed by atoms with Gasteiger partial charge in [0.15, 0.2) is 0 Å². The number of hydrogen-bond donors (Lipinski definition) is 0. The van der Waals surface area contributed by atoms with Crippen molar-refractivity contribution in [2.75, 3.05) is 0 Å². The summed E-state index contributed by atoms with van der Waals surface area (Å²) >= 11 is 0. The van der Waals surface area contributed by atoms with Crippen LogP contribution in [-0.4, -0.2) is 12.3 Å². The van der Waals surface area contributed by atoms with E-state index in [4.69, 9.17) is 9.47 Å². The number of carbonyl (C=O) groups is 1. The van der Waals surface area contributed by atoms with Gasteiger partial charge in [-0.05, 0) is 12.1 Å². The third kappa shape index (κ3) is 4.02. The molecule has 82 valence electrons. The molecule has 0 aliphatic heterocycles. The van der Waals surface area contributed by atoms with Gasteiger partial charge < -0.3 is 9.47 Å². The third-order valence-electron chi connectivity index (χ3n) is 1.80. The van der Waals surface area contributed by atoms with Crippen molar-refractivity contribution in [3.05, 3.63) is 30.3 Å². The highest BCUT2D eigenvalue weighted by molar-refractivity contribution is 5.71. The largest absolute Gasteiger partial charge is 0.455 e. The molecule has 0 radical (unpaired) electrons. The van der Waals surface area contributed by atoms with Crippen LogP contribution in [0.2, 0.25) is 0 Å². The Kier molecular flexibility index (Phi) is 4.16. The molecule has 0 aromatic heterocycles. The van der Waals surface area contributed by atoms with Crippen LogP contribution in [0.15, 0.2) is 30.3 Å². The molecule has 0 heterocycles. The fourth-order valence-electron chi connectivity index (χ4n) is 1.01. The number of hydrogen-bond acceptors (Lipinski definition) is 3. The fourth-order valence-corrected chi connectivity index (χ4v) is 1.01. The minimum Gasteiger partial charge on any atom is -0.455 e. The lowest BCUT2D eigenvalue weighted by Crippen LogP contribution is -2.23. The minimum atomic E-state index is -0.553. The average Bonchev–Trinajstić information content (AvgIpc) is 2.18. The summed E-state index contributed by atoms with van der Waals surface area (Å²) in [5.74, 6) is 0.312. The highest BCUT2D eigenvalue weighted by Crippen LogP contribution is 2.12. The van der Waals surface area contributed by atoms with Crippen LogP contribution in [0.4, 0.5) is 0 Å². The van der Waals surface area contributed by atoms with Gasteiger partial charge in [-0.2, -0.15) is 0 Å². The first-order valence-corrected chi connectivity index (χ1v) is 5.02. The molecule has 1 aromatic carbocycles. The summed E-state index contributed by atoms with van der Waals surface area (Å²) in [5.41, 5.74) is 0. The molecule has 0 fully saturated rings. The van der Waals surface area contributed by atoms with Gasteiger partial charge in [0.1, 0.15) is 5.75 Å². The van der Waals surface area contributed by atoms with Gasteiger partial charge in [-0.3, -0.25) is 4.79 Å². The van der Waals surface area contributed by atoms with Gasteiger partial charge in [-0.15, -0.1) is 0 Å². The zero-order valence-electron chi connectivity index (χ0n) is 9.27. The maximum Gasteiger partial charge on any atom is 0.311 e. The Labute approximate surface area is 90.0 Å². The van der Waals surface area contributed by atoms with Crippen LogP contribution in [-0.2, 0) is 9.53 Å². The Morgan fingerprint density at radius 3 is 2.27 bits per heavy atom. The van der Waals surface area contributed by atoms with Crippen molar-refractivity contribution in [3.63, 3.8) is 0 Å². The lowest BCUT2D eigenvalue weighted by Gasteiger charge is -2.16. The Morgan fingerprint density at radius 1 is 1.13 bits per heavy atom. The maximum atomic E-state index is 11.2. The van der Waals surface area contributed by atoms with Crippen molar-refractivity contribution in [3.8, 4) is 5.75 Å². The summed E-state index contributed by atoms with van der Waals surface area (Å²) in [7, 11) is 0. The van der Waals surface area contributed by atoms with Crippen LogP contribution >= 0.6 is 0 Å². The fraction of sp³-hybridized carbons (Fsp3) is 0.417. The van der Waals surface area contributed by atoms with Crippen molar-refractivity contribution in [2.45, 2.75) is 27.1 Å². The Morgan fingerprint density at radius 2 is 1.73 bits per heavy atom. The highest BCUT2D eigenvalue weighted by Gasteiger charge is 2.13. The molecule has 0 aliphatic rings.